The number of carbonyl (C=O) groups excluding carboxylic acids is 2. The van der Waals surface area contributed by atoms with Crippen molar-refractivity contribution in [1.82, 2.24) is 20.5 Å². The molecule has 0 aliphatic carbocycles. The summed E-state index contributed by atoms with van der Waals surface area (Å²) in [6.07, 6.45) is -0.743. The van der Waals surface area contributed by atoms with Crippen LogP contribution in [0.1, 0.15) is 6.92 Å². The molecular weight excluding hydrogens is 300 g/mol. The zero-order chi connectivity index (χ0) is 14.4. The van der Waals surface area contributed by atoms with Gasteiger partial charge in [-0.15, -0.1) is 16.4 Å². The topological polar surface area (TPSA) is 97.0 Å². The fraction of sp³-hybridized carbons (Fsp3) is 0.273. The van der Waals surface area contributed by atoms with Crippen LogP contribution in [0.25, 0.3) is 10.7 Å². The number of hydrogen-bond acceptors (Lipinski definition) is 7. The molecule has 2 aromatic rings. The predicted molar refractivity (Wildman–Crippen MR) is 75.6 cm³/mol. The molecule has 0 aliphatic heterocycles. The number of carbonyl (C=O) groups is 2. The molecule has 0 unspecified atom stereocenters. The van der Waals surface area contributed by atoms with Gasteiger partial charge in [0.05, 0.1) is 17.2 Å². The van der Waals surface area contributed by atoms with Crippen LogP contribution in [0.5, 0.6) is 0 Å². The third kappa shape index (κ3) is 4.07. The highest BCUT2D eigenvalue weighted by molar-refractivity contribution is 7.99. The first-order valence-electron chi connectivity index (χ1n) is 5.74. The van der Waals surface area contributed by atoms with Gasteiger partial charge in [0.1, 0.15) is 0 Å². The number of nitrogens with zero attached hydrogens (tertiary/aromatic N) is 2. The van der Waals surface area contributed by atoms with Gasteiger partial charge in [0.15, 0.2) is 5.82 Å². The number of nitrogens with one attached hydrogen (secondary N) is 2. The zero-order valence-corrected chi connectivity index (χ0v) is 12.2. The van der Waals surface area contributed by atoms with Crippen LogP contribution in [0.15, 0.2) is 22.7 Å². The van der Waals surface area contributed by atoms with E-state index >= 15 is 0 Å². The van der Waals surface area contributed by atoms with Crippen LogP contribution in [-0.4, -0.2) is 39.5 Å². The minimum Gasteiger partial charge on any atom is -0.450 e. The van der Waals surface area contributed by atoms with E-state index in [1.165, 1.54) is 0 Å². The summed E-state index contributed by atoms with van der Waals surface area (Å²) >= 11 is 2.68. The maximum absolute atomic E-state index is 11.4. The lowest BCUT2D eigenvalue weighted by Crippen LogP contribution is -2.32. The number of H-pyrrole nitrogens is 1. The fourth-order valence-electron chi connectivity index (χ4n) is 1.28. The van der Waals surface area contributed by atoms with Crippen molar-refractivity contribution >= 4 is 35.1 Å². The molecule has 0 atom stereocenters. The molecule has 20 heavy (non-hydrogen) atoms. The lowest BCUT2D eigenvalue weighted by atomic mass is 10.4. The molecular formula is C11H12N4O3S2. The SMILES string of the molecule is CCOC(=O)NC(=O)CSc1n[nH]c(-c2cccs2)n1. The normalized spacial score (nSPS) is 10.2. The second kappa shape index (κ2) is 7.06. The average molecular weight is 312 g/mol. The van der Waals surface area contributed by atoms with Crippen molar-refractivity contribution in [3.05, 3.63) is 17.5 Å². The minimum atomic E-state index is -0.743. The van der Waals surface area contributed by atoms with Crippen LogP contribution < -0.4 is 5.32 Å². The number of alkyl carbamates (subject to hydrolysis) is 1. The van der Waals surface area contributed by atoms with E-state index < -0.39 is 12.0 Å². The lowest BCUT2D eigenvalue weighted by Gasteiger charge is -2.02. The summed E-state index contributed by atoms with van der Waals surface area (Å²) in [6, 6.07) is 3.84. The molecule has 9 heteroatoms. The van der Waals surface area contributed by atoms with Crippen molar-refractivity contribution in [2.24, 2.45) is 0 Å². The third-order valence-electron chi connectivity index (χ3n) is 2.07. The number of aromatic nitrogens is 3. The van der Waals surface area contributed by atoms with Gasteiger partial charge in [-0.25, -0.2) is 9.78 Å². The van der Waals surface area contributed by atoms with E-state index in [4.69, 9.17) is 0 Å². The molecule has 2 aromatic heterocycles. The zero-order valence-electron chi connectivity index (χ0n) is 10.6. The van der Waals surface area contributed by atoms with Crippen LogP contribution in [0.3, 0.4) is 0 Å². The highest BCUT2D eigenvalue weighted by Gasteiger charge is 2.11. The molecule has 2 heterocycles. The number of aromatic amines is 1. The Morgan fingerprint density at radius 3 is 3.10 bits per heavy atom. The molecule has 106 valence electrons. The Bertz CT molecular complexity index is 582. The highest BCUT2D eigenvalue weighted by Crippen LogP contribution is 2.22. The maximum Gasteiger partial charge on any atom is 0.413 e. The van der Waals surface area contributed by atoms with Gasteiger partial charge in [-0.2, -0.15) is 0 Å². The van der Waals surface area contributed by atoms with E-state index in [-0.39, 0.29) is 12.4 Å². The van der Waals surface area contributed by atoms with Gasteiger partial charge in [-0.05, 0) is 18.4 Å². The number of amides is 2. The summed E-state index contributed by atoms with van der Waals surface area (Å²) in [5, 5.41) is 11.3. The van der Waals surface area contributed by atoms with E-state index in [0.717, 1.165) is 16.6 Å². The van der Waals surface area contributed by atoms with Crippen molar-refractivity contribution in [3.63, 3.8) is 0 Å². The second-order valence-electron chi connectivity index (χ2n) is 3.50. The molecule has 2 amide bonds. The van der Waals surface area contributed by atoms with Crippen LogP contribution in [0.4, 0.5) is 4.79 Å². The van der Waals surface area contributed by atoms with Crippen molar-refractivity contribution in [1.29, 1.82) is 0 Å². The monoisotopic (exact) mass is 312 g/mol. The van der Waals surface area contributed by atoms with Gasteiger partial charge in [-0.1, -0.05) is 17.8 Å². The third-order valence-corrected chi connectivity index (χ3v) is 3.79. The first kappa shape index (κ1) is 14.5. The van der Waals surface area contributed by atoms with Gasteiger partial charge in [-0.3, -0.25) is 15.2 Å². The fourth-order valence-corrected chi connectivity index (χ4v) is 2.54. The van der Waals surface area contributed by atoms with E-state index in [9.17, 15) is 9.59 Å². The Kier molecular flexibility index (Phi) is 5.13. The number of ether oxygens (including phenoxy) is 1. The summed E-state index contributed by atoms with van der Waals surface area (Å²) in [5.41, 5.74) is 0. The smallest absolute Gasteiger partial charge is 0.413 e. The summed E-state index contributed by atoms with van der Waals surface area (Å²) < 4.78 is 4.60. The summed E-state index contributed by atoms with van der Waals surface area (Å²) in [6.45, 7) is 1.88. The molecule has 2 rings (SSSR count). The average Bonchev–Trinajstić information content (AvgIpc) is 3.07. The molecule has 0 radical (unpaired) electrons. The van der Waals surface area contributed by atoms with Gasteiger partial charge < -0.3 is 4.74 Å². The van der Waals surface area contributed by atoms with E-state index in [1.54, 1.807) is 18.3 Å². The predicted octanol–water partition coefficient (Wildman–Crippen LogP) is 1.90. The van der Waals surface area contributed by atoms with Gasteiger partial charge in [0.25, 0.3) is 0 Å². The van der Waals surface area contributed by atoms with Gasteiger partial charge >= 0.3 is 6.09 Å². The first-order chi connectivity index (χ1) is 9.69. The number of thiophene rings is 1. The molecule has 0 fully saturated rings. The molecule has 0 saturated carbocycles. The second-order valence-corrected chi connectivity index (χ2v) is 5.39. The summed E-state index contributed by atoms with van der Waals surface area (Å²) in [7, 11) is 0. The van der Waals surface area contributed by atoms with Crippen molar-refractivity contribution < 1.29 is 14.3 Å². The van der Waals surface area contributed by atoms with Gasteiger partial charge in [0.2, 0.25) is 11.1 Å². The summed E-state index contributed by atoms with van der Waals surface area (Å²) in [4.78, 5) is 27.7. The molecule has 0 bridgehead atoms. The summed E-state index contributed by atoms with van der Waals surface area (Å²) in [5.74, 6) is 0.254. The Balaban J connectivity index is 1.82. The van der Waals surface area contributed by atoms with Crippen LogP contribution in [0, 0.1) is 0 Å². The Hall–Kier alpha value is -1.87. The Morgan fingerprint density at radius 1 is 1.55 bits per heavy atom. The van der Waals surface area contributed by atoms with Gasteiger partial charge in [0, 0.05) is 0 Å². The maximum atomic E-state index is 11.4. The lowest BCUT2D eigenvalue weighted by molar-refractivity contribution is -0.117. The molecule has 2 N–H and O–H groups in total. The van der Waals surface area contributed by atoms with E-state index in [0.29, 0.717) is 11.0 Å². The number of imide groups is 1. The van der Waals surface area contributed by atoms with Crippen LogP contribution in [-0.2, 0) is 9.53 Å². The van der Waals surface area contributed by atoms with Crippen molar-refractivity contribution in [2.45, 2.75) is 12.1 Å². The number of rotatable bonds is 5. The van der Waals surface area contributed by atoms with Crippen molar-refractivity contribution in [2.75, 3.05) is 12.4 Å². The van der Waals surface area contributed by atoms with Crippen LogP contribution >= 0.6 is 23.1 Å². The van der Waals surface area contributed by atoms with E-state index in [1.807, 2.05) is 17.5 Å². The standard InChI is InChI=1S/C11H12N4O3S2/c1-2-18-11(17)12-8(16)6-20-10-13-9(14-15-10)7-4-3-5-19-7/h3-5H,2,6H2,1H3,(H,12,16,17)(H,13,14,15). The minimum absolute atomic E-state index is 0.0422. The number of thioether (sulfide) groups is 1. The van der Waals surface area contributed by atoms with E-state index in [2.05, 4.69) is 25.2 Å². The molecule has 0 aromatic carbocycles. The Labute approximate surface area is 123 Å². The van der Waals surface area contributed by atoms with Crippen LogP contribution in [0.2, 0.25) is 0 Å². The molecule has 0 spiro atoms. The number of hydrogen-bond donors (Lipinski definition) is 2. The quantitative estimate of drug-likeness (QED) is 0.818. The van der Waals surface area contributed by atoms with Crippen molar-refractivity contribution in [3.8, 4) is 10.7 Å². The highest BCUT2D eigenvalue weighted by atomic mass is 32.2. The molecule has 0 aliphatic rings. The largest absolute Gasteiger partial charge is 0.450 e. The Morgan fingerprint density at radius 2 is 2.40 bits per heavy atom. The first-order valence-corrected chi connectivity index (χ1v) is 7.61. The molecule has 0 saturated heterocycles. The molecule has 7 nitrogen and oxygen atoms in total.